The Balaban J connectivity index is 1.37. The van der Waals surface area contributed by atoms with E-state index in [0.717, 1.165) is 22.5 Å². The van der Waals surface area contributed by atoms with Crippen LogP contribution in [0.25, 0.3) is 20.5 Å². The first-order valence-corrected chi connectivity index (χ1v) is 10.3. The first-order valence-electron chi connectivity index (χ1n) is 9.44. The quantitative estimate of drug-likeness (QED) is 0.457. The Bertz CT molecular complexity index is 1180. The first kappa shape index (κ1) is 17.6. The lowest BCUT2D eigenvalue weighted by Crippen LogP contribution is -2.30. The van der Waals surface area contributed by atoms with Crippen LogP contribution in [0, 0.1) is 0 Å². The third-order valence-electron chi connectivity index (χ3n) is 4.95. The predicted molar refractivity (Wildman–Crippen MR) is 118 cm³/mol. The summed E-state index contributed by atoms with van der Waals surface area (Å²) in [6.07, 6.45) is 5.98. The number of fused-ring (bicyclic) bond motifs is 2. The highest BCUT2D eigenvalue weighted by Crippen LogP contribution is 2.38. The highest BCUT2D eigenvalue weighted by molar-refractivity contribution is 7.22. The molecule has 0 bridgehead atoms. The van der Waals surface area contributed by atoms with Gasteiger partial charge in [-0.3, -0.25) is 4.99 Å². The number of imidazole rings is 1. The van der Waals surface area contributed by atoms with Crippen molar-refractivity contribution in [1.29, 1.82) is 0 Å². The molecule has 4 aromatic rings. The van der Waals surface area contributed by atoms with Crippen molar-refractivity contribution in [2.24, 2.45) is 4.99 Å². The van der Waals surface area contributed by atoms with Crippen LogP contribution in [-0.2, 0) is 13.0 Å². The molecule has 144 valence electrons. The molecule has 2 amide bonds. The number of amides is 2. The molecule has 0 unspecified atom stereocenters. The molecule has 2 aromatic heterocycles. The number of H-pyrrole nitrogens is 1. The number of anilines is 1. The molecule has 0 saturated heterocycles. The minimum atomic E-state index is -0.221. The maximum Gasteiger partial charge on any atom is 0.319 e. The monoisotopic (exact) mass is 401 g/mol. The van der Waals surface area contributed by atoms with E-state index in [4.69, 9.17) is 0 Å². The number of aromatic nitrogens is 2. The summed E-state index contributed by atoms with van der Waals surface area (Å²) in [6.45, 7) is 1.21. The summed E-state index contributed by atoms with van der Waals surface area (Å²) in [5, 5.41) is 7.08. The van der Waals surface area contributed by atoms with Gasteiger partial charge in [-0.2, -0.15) is 0 Å². The number of aliphatic imine (C=N–C) groups is 1. The predicted octanol–water partition coefficient (Wildman–Crippen LogP) is 4.59. The van der Waals surface area contributed by atoms with Crippen LogP contribution in [0.15, 0.2) is 60.0 Å². The molecular weight excluding hydrogens is 382 g/mol. The maximum absolute atomic E-state index is 12.4. The van der Waals surface area contributed by atoms with Crippen molar-refractivity contribution in [3.05, 3.63) is 71.8 Å². The standard InChI is InChI=1S/C22H19N5OS/c28-22(25-6-5-16-11-24-13-26-16)27-17-7-15-10-23-12-19(15)18(9-17)21-8-14-3-1-2-4-20(14)29-21/h1-4,7-11,13H,5-6,12H2,(H,24,26)(H2,25,27,28). The van der Waals surface area contributed by atoms with E-state index in [2.05, 4.69) is 55.9 Å². The Morgan fingerprint density at radius 3 is 3.00 bits per heavy atom. The van der Waals surface area contributed by atoms with Crippen LogP contribution in [0.4, 0.5) is 10.5 Å². The second kappa shape index (κ2) is 7.52. The topological polar surface area (TPSA) is 82.2 Å². The zero-order chi connectivity index (χ0) is 19.6. The SMILES string of the molecule is O=C(NCCc1cnc[nH]1)Nc1cc2c(c(-c3cc4ccccc4s3)c1)CN=C2. The zero-order valence-electron chi connectivity index (χ0n) is 15.6. The summed E-state index contributed by atoms with van der Waals surface area (Å²) >= 11 is 1.76. The molecule has 0 fully saturated rings. The number of hydrogen-bond donors (Lipinski definition) is 3. The Morgan fingerprint density at radius 1 is 1.21 bits per heavy atom. The number of hydrogen-bond acceptors (Lipinski definition) is 4. The summed E-state index contributed by atoms with van der Waals surface area (Å²) in [5.41, 5.74) is 5.16. The highest BCUT2D eigenvalue weighted by Gasteiger charge is 2.17. The third kappa shape index (κ3) is 3.64. The minimum absolute atomic E-state index is 0.221. The van der Waals surface area contributed by atoms with Crippen molar-refractivity contribution in [2.75, 3.05) is 11.9 Å². The molecule has 0 aliphatic carbocycles. The molecule has 2 aromatic carbocycles. The fourth-order valence-electron chi connectivity index (χ4n) is 3.54. The Hall–Kier alpha value is -3.45. The average Bonchev–Trinajstić information content (AvgIpc) is 3.47. The summed E-state index contributed by atoms with van der Waals surface area (Å²) in [5.74, 6) is 0. The van der Waals surface area contributed by atoms with Gasteiger partial charge in [-0.15, -0.1) is 11.3 Å². The minimum Gasteiger partial charge on any atom is -0.348 e. The molecule has 7 heteroatoms. The largest absolute Gasteiger partial charge is 0.348 e. The number of carbonyl (C=O) groups is 1. The van der Waals surface area contributed by atoms with Gasteiger partial charge >= 0.3 is 6.03 Å². The lowest BCUT2D eigenvalue weighted by atomic mass is 10.0. The van der Waals surface area contributed by atoms with E-state index in [1.54, 1.807) is 23.9 Å². The molecule has 1 aliphatic heterocycles. The van der Waals surface area contributed by atoms with Crippen molar-refractivity contribution in [2.45, 2.75) is 13.0 Å². The number of nitrogens with one attached hydrogen (secondary N) is 3. The number of rotatable bonds is 5. The van der Waals surface area contributed by atoms with Crippen LogP contribution in [0.3, 0.4) is 0 Å². The van der Waals surface area contributed by atoms with Gasteiger partial charge in [-0.25, -0.2) is 9.78 Å². The molecule has 3 heterocycles. The molecule has 3 N–H and O–H groups in total. The van der Waals surface area contributed by atoms with Gasteiger partial charge in [-0.1, -0.05) is 18.2 Å². The zero-order valence-corrected chi connectivity index (χ0v) is 16.4. The second-order valence-corrected chi connectivity index (χ2v) is 8.00. The van der Waals surface area contributed by atoms with Crippen LogP contribution in [-0.4, -0.2) is 28.8 Å². The summed E-state index contributed by atoms with van der Waals surface area (Å²) in [6, 6.07) is 14.4. The molecule has 1 aliphatic rings. The van der Waals surface area contributed by atoms with Gasteiger partial charge in [0.25, 0.3) is 0 Å². The van der Waals surface area contributed by atoms with Crippen molar-refractivity contribution < 1.29 is 4.79 Å². The van der Waals surface area contributed by atoms with Gasteiger partial charge in [0, 0.05) is 51.9 Å². The fraction of sp³-hybridized carbons (Fsp3) is 0.136. The maximum atomic E-state index is 12.4. The van der Waals surface area contributed by atoms with E-state index in [1.165, 1.54) is 20.5 Å². The Kier molecular flexibility index (Phi) is 4.57. The smallest absolute Gasteiger partial charge is 0.319 e. The molecule has 0 atom stereocenters. The Morgan fingerprint density at radius 2 is 2.14 bits per heavy atom. The van der Waals surface area contributed by atoms with E-state index in [-0.39, 0.29) is 6.03 Å². The van der Waals surface area contributed by atoms with Crippen molar-refractivity contribution in [3.8, 4) is 10.4 Å². The highest BCUT2D eigenvalue weighted by atomic mass is 32.1. The van der Waals surface area contributed by atoms with Gasteiger partial charge in [0.05, 0.1) is 12.9 Å². The van der Waals surface area contributed by atoms with E-state index >= 15 is 0 Å². The first-order chi connectivity index (χ1) is 14.3. The van der Waals surface area contributed by atoms with Crippen molar-refractivity contribution >= 4 is 39.4 Å². The number of nitrogens with zero attached hydrogens (tertiary/aromatic N) is 2. The normalized spacial score (nSPS) is 12.3. The third-order valence-corrected chi connectivity index (χ3v) is 6.10. The fourth-order valence-corrected chi connectivity index (χ4v) is 4.64. The number of benzene rings is 2. The molecule has 6 nitrogen and oxygen atoms in total. The van der Waals surface area contributed by atoms with Crippen LogP contribution < -0.4 is 10.6 Å². The molecule has 29 heavy (non-hydrogen) atoms. The summed E-state index contributed by atoms with van der Waals surface area (Å²) < 4.78 is 1.25. The lowest BCUT2D eigenvalue weighted by molar-refractivity contribution is 0.252. The number of thiophene rings is 1. The number of carbonyl (C=O) groups excluding carboxylic acids is 1. The van der Waals surface area contributed by atoms with Gasteiger partial charge in [0.1, 0.15) is 0 Å². The van der Waals surface area contributed by atoms with Crippen molar-refractivity contribution in [1.82, 2.24) is 15.3 Å². The molecular formula is C22H19N5OS. The molecule has 5 rings (SSSR count). The van der Waals surface area contributed by atoms with Gasteiger partial charge in [0.2, 0.25) is 0 Å². The van der Waals surface area contributed by atoms with Crippen LogP contribution >= 0.6 is 11.3 Å². The van der Waals surface area contributed by atoms with E-state index in [0.29, 0.717) is 19.5 Å². The molecule has 0 spiro atoms. The summed E-state index contributed by atoms with van der Waals surface area (Å²) in [4.78, 5) is 25.0. The van der Waals surface area contributed by atoms with Gasteiger partial charge < -0.3 is 15.6 Å². The van der Waals surface area contributed by atoms with E-state index in [9.17, 15) is 4.79 Å². The van der Waals surface area contributed by atoms with E-state index in [1.807, 2.05) is 18.3 Å². The number of aromatic amines is 1. The van der Waals surface area contributed by atoms with Crippen LogP contribution in [0.2, 0.25) is 0 Å². The van der Waals surface area contributed by atoms with Crippen LogP contribution in [0.1, 0.15) is 16.8 Å². The van der Waals surface area contributed by atoms with E-state index < -0.39 is 0 Å². The molecule has 0 radical (unpaired) electrons. The van der Waals surface area contributed by atoms with Crippen LogP contribution in [0.5, 0.6) is 0 Å². The average molecular weight is 401 g/mol. The van der Waals surface area contributed by atoms with Gasteiger partial charge in [0.15, 0.2) is 0 Å². The van der Waals surface area contributed by atoms with Gasteiger partial charge in [-0.05, 0) is 40.8 Å². The lowest BCUT2D eigenvalue weighted by Gasteiger charge is -2.12. The number of urea groups is 1. The molecule has 0 saturated carbocycles. The Labute approximate surface area is 171 Å². The summed E-state index contributed by atoms with van der Waals surface area (Å²) in [7, 11) is 0. The second-order valence-electron chi connectivity index (χ2n) is 6.92. The van der Waals surface area contributed by atoms with Crippen molar-refractivity contribution in [3.63, 3.8) is 0 Å².